The molecule has 0 aromatic heterocycles. The number of rotatable bonds is 45. The summed E-state index contributed by atoms with van der Waals surface area (Å²) in [6.07, 6.45) is 61.1. The number of amides is 1. The maximum absolute atomic E-state index is 13.2. The fourth-order valence-corrected chi connectivity index (χ4v) is 7.42. The normalized spacial score (nSPS) is 13.9. The van der Waals surface area contributed by atoms with Gasteiger partial charge >= 0.3 is 5.97 Å². The van der Waals surface area contributed by atoms with Gasteiger partial charge in [0.15, 0.2) is 0 Å². The Morgan fingerprint density at radius 2 is 0.951 bits per heavy atom. The highest BCUT2D eigenvalue weighted by Crippen LogP contribution is 2.16. The molecule has 0 aliphatic carbocycles. The van der Waals surface area contributed by atoms with Crippen LogP contribution in [0.3, 0.4) is 0 Å². The van der Waals surface area contributed by atoms with E-state index in [4.69, 9.17) is 4.74 Å². The number of hydrogen-bond donors (Lipinski definition) is 3. The van der Waals surface area contributed by atoms with Crippen molar-refractivity contribution in [3.63, 3.8) is 0 Å². The van der Waals surface area contributed by atoms with Gasteiger partial charge in [-0.15, -0.1) is 0 Å². The highest BCUT2D eigenvalue weighted by atomic mass is 16.5. The molecule has 0 aliphatic rings. The number of ether oxygens (including phenoxy) is 1. The van der Waals surface area contributed by atoms with Crippen LogP contribution in [0.1, 0.15) is 239 Å². The van der Waals surface area contributed by atoms with E-state index in [1.54, 1.807) is 0 Å². The summed E-state index contributed by atoms with van der Waals surface area (Å²) in [6.45, 7) is 6.34. The maximum atomic E-state index is 13.2. The van der Waals surface area contributed by atoms with Crippen LogP contribution < -0.4 is 5.32 Å². The number of carbonyl (C=O) groups is 2. The van der Waals surface area contributed by atoms with Gasteiger partial charge in [0, 0.05) is 6.42 Å². The number of carbonyl (C=O) groups excluding carboxylic acids is 2. The lowest BCUT2D eigenvalue weighted by Gasteiger charge is -2.24. The minimum Gasteiger partial charge on any atom is -0.462 e. The Kier molecular flexibility index (Phi) is 46.2. The van der Waals surface area contributed by atoms with Gasteiger partial charge in [-0.1, -0.05) is 216 Å². The van der Waals surface area contributed by atoms with Crippen LogP contribution >= 0.6 is 0 Å². The van der Waals surface area contributed by atoms with E-state index >= 15 is 0 Å². The zero-order chi connectivity index (χ0) is 44.5. The topological polar surface area (TPSA) is 95.9 Å². The van der Waals surface area contributed by atoms with Crippen LogP contribution in [0.25, 0.3) is 0 Å². The van der Waals surface area contributed by atoms with Crippen LogP contribution in [-0.4, -0.2) is 46.9 Å². The van der Waals surface area contributed by atoms with Crippen LogP contribution in [0.15, 0.2) is 72.9 Å². The molecule has 0 bridgehead atoms. The minimum absolute atomic E-state index is 0.0292. The van der Waals surface area contributed by atoms with Gasteiger partial charge in [-0.2, -0.15) is 0 Å². The summed E-state index contributed by atoms with van der Waals surface area (Å²) in [5.74, 6) is -0.559. The minimum atomic E-state index is -0.807. The van der Waals surface area contributed by atoms with Crippen molar-refractivity contribution in [3.8, 4) is 0 Å². The third kappa shape index (κ3) is 43.7. The second kappa shape index (κ2) is 48.3. The van der Waals surface area contributed by atoms with E-state index in [1.807, 2.05) is 0 Å². The van der Waals surface area contributed by atoms with E-state index in [9.17, 15) is 19.8 Å². The number of allylic oxidation sites excluding steroid dienone is 12. The highest BCUT2D eigenvalue weighted by molar-refractivity contribution is 5.77. The molecule has 1 amide bonds. The SMILES string of the molecule is CC/C=C/C/C=C/C/C=C/C/C=C/CCCCCC(=O)OC(CCC/C=C/C=C/CCCCCCCCC)CC(=O)NC(CO)C(O)CCCCCCCCCCCCCC. The Morgan fingerprint density at radius 1 is 0.508 bits per heavy atom. The smallest absolute Gasteiger partial charge is 0.306 e. The van der Waals surface area contributed by atoms with Gasteiger partial charge in [-0.25, -0.2) is 0 Å². The molecule has 0 saturated heterocycles. The van der Waals surface area contributed by atoms with Gasteiger partial charge in [0.25, 0.3) is 0 Å². The van der Waals surface area contributed by atoms with Crippen molar-refractivity contribution in [1.82, 2.24) is 5.32 Å². The summed E-state index contributed by atoms with van der Waals surface area (Å²) in [7, 11) is 0. The van der Waals surface area contributed by atoms with Crippen molar-refractivity contribution in [2.24, 2.45) is 0 Å². The second-order valence-electron chi connectivity index (χ2n) is 17.2. The van der Waals surface area contributed by atoms with Gasteiger partial charge in [-0.3, -0.25) is 9.59 Å². The number of aliphatic hydroxyl groups is 2. The molecule has 0 heterocycles. The van der Waals surface area contributed by atoms with Crippen molar-refractivity contribution in [2.75, 3.05) is 6.61 Å². The van der Waals surface area contributed by atoms with E-state index in [-0.39, 0.29) is 24.9 Å². The van der Waals surface area contributed by atoms with Gasteiger partial charge in [0.1, 0.15) is 6.10 Å². The summed E-state index contributed by atoms with van der Waals surface area (Å²) in [5.41, 5.74) is 0. The Labute approximate surface area is 377 Å². The summed E-state index contributed by atoms with van der Waals surface area (Å²) in [4.78, 5) is 26.1. The predicted molar refractivity (Wildman–Crippen MR) is 264 cm³/mol. The van der Waals surface area contributed by atoms with Crippen LogP contribution in [0.5, 0.6) is 0 Å². The first-order valence-corrected chi connectivity index (χ1v) is 25.7. The third-order valence-electron chi connectivity index (χ3n) is 11.3. The molecule has 3 atom stereocenters. The van der Waals surface area contributed by atoms with Gasteiger partial charge in [0.05, 0.1) is 25.2 Å². The molecule has 0 aromatic carbocycles. The molecule has 352 valence electrons. The van der Waals surface area contributed by atoms with Crippen molar-refractivity contribution in [1.29, 1.82) is 0 Å². The van der Waals surface area contributed by atoms with E-state index in [0.717, 1.165) is 89.9 Å². The largest absolute Gasteiger partial charge is 0.462 e. The maximum Gasteiger partial charge on any atom is 0.306 e. The highest BCUT2D eigenvalue weighted by Gasteiger charge is 2.24. The molecule has 6 nitrogen and oxygen atoms in total. The second-order valence-corrected chi connectivity index (χ2v) is 17.2. The lowest BCUT2D eigenvalue weighted by molar-refractivity contribution is -0.151. The molecule has 0 aliphatic heterocycles. The summed E-state index contributed by atoms with van der Waals surface area (Å²) >= 11 is 0. The summed E-state index contributed by atoms with van der Waals surface area (Å²) < 4.78 is 5.89. The molecule has 0 rings (SSSR count). The van der Waals surface area contributed by atoms with Crippen molar-refractivity contribution in [3.05, 3.63) is 72.9 Å². The quantitative estimate of drug-likeness (QED) is 0.0245. The van der Waals surface area contributed by atoms with Gasteiger partial charge in [0.2, 0.25) is 5.91 Å². The molecule has 61 heavy (non-hydrogen) atoms. The van der Waals surface area contributed by atoms with E-state index < -0.39 is 18.2 Å². The summed E-state index contributed by atoms with van der Waals surface area (Å²) in [6, 6.07) is -0.725. The lowest BCUT2D eigenvalue weighted by atomic mass is 10.0. The number of esters is 1. The van der Waals surface area contributed by atoms with Crippen LogP contribution in [-0.2, 0) is 14.3 Å². The lowest BCUT2D eigenvalue weighted by Crippen LogP contribution is -2.46. The molecule has 3 unspecified atom stereocenters. The van der Waals surface area contributed by atoms with Crippen molar-refractivity contribution < 1.29 is 24.5 Å². The standard InChI is InChI=1S/C55H97NO5/c1-4-7-10-13-16-19-22-25-27-28-30-33-36-39-42-45-48-55(60)61-51(46-43-40-37-34-31-29-26-23-20-17-14-11-8-5-2)49-54(59)56-52(50-57)53(58)47-44-41-38-35-32-24-21-18-15-12-9-6-3/h7,10,16,19,25,27,29-31,33-34,37,51-53,57-58H,4-6,8-9,11-15,17-18,20-24,26,28,32,35-36,38-50H2,1-3H3,(H,56,59)/b10-7+,19-16+,27-25+,31-29+,33-30+,37-34+. The number of aliphatic hydroxyl groups excluding tert-OH is 2. The van der Waals surface area contributed by atoms with Gasteiger partial charge in [-0.05, 0) is 83.5 Å². The molecule has 0 fully saturated rings. The molecule has 3 N–H and O–H groups in total. The first kappa shape index (κ1) is 58.3. The molecular formula is C55H97NO5. The molecule has 0 radical (unpaired) electrons. The van der Waals surface area contributed by atoms with E-state index in [0.29, 0.717) is 19.3 Å². The fourth-order valence-electron chi connectivity index (χ4n) is 7.42. The summed E-state index contributed by atoms with van der Waals surface area (Å²) in [5, 5.41) is 23.7. The Balaban J connectivity index is 4.71. The van der Waals surface area contributed by atoms with E-state index in [2.05, 4.69) is 99.0 Å². The number of nitrogens with one attached hydrogen (secondary N) is 1. The first-order chi connectivity index (χ1) is 30.0. The van der Waals surface area contributed by atoms with E-state index in [1.165, 1.54) is 103 Å². The fraction of sp³-hybridized carbons (Fsp3) is 0.745. The molecule has 0 saturated carbocycles. The molecule has 0 spiro atoms. The number of hydrogen-bond acceptors (Lipinski definition) is 5. The van der Waals surface area contributed by atoms with Crippen LogP contribution in [0.2, 0.25) is 0 Å². The molecular weight excluding hydrogens is 755 g/mol. The number of unbranched alkanes of at least 4 members (excludes halogenated alkanes) is 22. The Hall–Kier alpha value is -2.70. The average molecular weight is 852 g/mol. The zero-order valence-corrected chi connectivity index (χ0v) is 40.0. The predicted octanol–water partition coefficient (Wildman–Crippen LogP) is 15.4. The van der Waals surface area contributed by atoms with Gasteiger partial charge < -0.3 is 20.3 Å². The van der Waals surface area contributed by atoms with Crippen molar-refractivity contribution in [2.45, 2.75) is 257 Å². The van der Waals surface area contributed by atoms with Crippen molar-refractivity contribution >= 4 is 11.9 Å². The Morgan fingerprint density at radius 3 is 1.48 bits per heavy atom. The molecule has 6 heteroatoms. The van der Waals surface area contributed by atoms with Crippen LogP contribution in [0, 0.1) is 0 Å². The monoisotopic (exact) mass is 852 g/mol. The third-order valence-corrected chi connectivity index (χ3v) is 11.3. The first-order valence-electron chi connectivity index (χ1n) is 25.7. The average Bonchev–Trinajstić information content (AvgIpc) is 3.25. The molecule has 0 aromatic rings. The Bertz CT molecular complexity index is 1140. The van der Waals surface area contributed by atoms with Crippen LogP contribution in [0.4, 0.5) is 0 Å². The zero-order valence-electron chi connectivity index (χ0n) is 40.0.